The highest BCUT2D eigenvalue weighted by Crippen LogP contribution is 2.29. The Hall–Kier alpha value is -1.07. The van der Waals surface area contributed by atoms with E-state index in [1.807, 2.05) is 12.1 Å². The molecule has 2 aromatic rings. The van der Waals surface area contributed by atoms with Crippen LogP contribution in [0.25, 0.3) is 10.9 Å². The number of benzene rings is 1. The van der Waals surface area contributed by atoms with Crippen molar-refractivity contribution in [2.75, 3.05) is 20.3 Å². The van der Waals surface area contributed by atoms with Gasteiger partial charge in [-0.05, 0) is 22.0 Å². The molecule has 2 rings (SSSR count). The van der Waals surface area contributed by atoms with Crippen LogP contribution in [0.4, 0.5) is 0 Å². The Bertz CT molecular complexity index is 456. The molecule has 1 aromatic carbocycles. The largest absolute Gasteiger partial charge is 0.490 e. The summed E-state index contributed by atoms with van der Waals surface area (Å²) in [6.07, 6.45) is 1.78. The average Bonchev–Trinajstić information content (AvgIpc) is 2.65. The summed E-state index contributed by atoms with van der Waals surface area (Å²) in [6.45, 7) is 1.11. The molecule has 0 atom stereocenters. The molecule has 0 amide bonds. The normalized spacial score (nSPS) is 10.8. The molecule has 1 heterocycles. The molecule has 5 heteroatoms. The molecule has 0 saturated carbocycles. The highest BCUT2D eigenvalue weighted by molar-refractivity contribution is 9.10. The van der Waals surface area contributed by atoms with Gasteiger partial charge in [-0.2, -0.15) is 5.10 Å². The summed E-state index contributed by atoms with van der Waals surface area (Å²) in [5.41, 5.74) is 0.964. The first-order valence-electron chi connectivity index (χ1n) is 4.55. The molecular weight excluding hydrogens is 260 g/mol. The van der Waals surface area contributed by atoms with Crippen molar-refractivity contribution < 1.29 is 9.47 Å². The third-order valence-corrected chi connectivity index (χ3v) is 2.66. The van der Waals surface area contributed by atoms with Crippen molar-refractivity contribution in [2.24, 2.45) is 0 Å². The predicted octanol–water partition coefficient (Wildman–Crippen LogP) is 2.35. The van der Waals surface area contributed by atoms with Crippen LogP contribution in [0.1, 0.15) is 0 Å². The third-order valence-electron chi connectivity index (χ3n) is 2.04. The lowest BCUT2D eigenvalue weighted by Gasteiger charge is -2.07. The summed E-state index contributed by atoms with van der Waals surface area (Å²) in [6, 6.07) is 3.89. The lowest BCUT2D eigenvalue weighted by Crippen LogP contribution is -2.04. The topological polar surface area (TPSA) is 47.1 Å². The lowest BCUT2D eigenvalue weighted by molar-refractivity contribution is 0.146. The molecule has 15 heavy (non-hydrogen) atoms. The van der Waals surface area contributed by atoms with Gasteiger partial charge in [0.05, 0.1) is 22.8 Å². The minimum atomic E-state index is 0.536. The number of methoxy groups -OCH3 is 1. The second-order valence-corrected chi connectivity index (χ2v) is 3.94. The number of rotatable bonds is 4. The summed E-state index contributed by atoms with van der Waals surface area (Å²) < 4.78 is 11.4. The molecule has 4 nitrogen and oxygen atoms in total. The van der Waals surface area contributed by atoms with Crippen molar-refractivity contribution in [3.05, 3.63) is 22.8 Å². The lowest BCUT2D eigenvalue weighted by atomic mass is 10.2. The van der Waals surface area contributed by atoms with E-state index in [9.17, 15) is 0 Å². The first kappa shape index (κ1) is 10.4. The molecule has 0 aliphatic carbocycles. The molecule has 1 N–H and O–H groups in total. The fraction of sp³-hybridized carbons (Fsp3) is 0.300. The van der Waals surface area contributed by atoms with E-state index in [1.165, 1.54) is 0 Å². The van der Waals surface area contributed by atoms with E-state index in [0.29, 0.717) is 13.2 Å². The summed E-state index contributed by atoms with van der Waals surface area (Å²) >= 11 is 3.45. The Morgan fingerprint density at radius 1 is 1.40 bits per heavy atom. The van der Waals surface area contributed by atoms with E-state index >= 15 is 0 Å². The molecule has 0 radical (unpaired) electrons. The van der Waals surface area contributed by atoms with E-state index in [0.717, 1.165) is 21.1 Å². The minimum Gasteiger partial charge on any atom is -0.490 e. The van der Waals surface area contributed by atoms with Crippen molar-refractivity contribution in [2.45, 2.75) is 0 Å². The van der Waals surface area contributed by atoms with Crippen LogP contribution in [0.5, 0.6) is 5.75 Å². The SMILES string of the molecule is COCCOc1cc2[nH]ncc2cc1Br. The number of fused-ring (bicyclic) bond motifs is 1. The zero-order valence-corrected chi connectivity index (χ0v) is 9.87. The Morgan fingerprint density at radius 2 is 2.27 bits per heavy atom. The van der Waals surface area contributed by atoms with Crippen LogP contribution < -0.4 is 4.74 Å². The van der Waals surface area contributed by atoms with Crippen LogP contribution in [-0.4, -0.2) is 30.5 Å². The number of H-pyrrole nitrogens is 1. The van der Waals surface area contributed by atoms with Crippen molar-refractivity contribution in [3.8, 4) is 5.75 Å². The zero-order valence-electron chi connectivity index (χ0n) is 8.29. The monoisotopic (exact) mass is 270 g/mol. The molecule has 80 valence electrons. The van der Waals surface area contributed by atoms with Gasteiger partial charge in [-0.25, -0.2) is 0 Å². The first-order valence-corrected chi connectivity index (χ1v) is 5.35. The Kier molecular flexibility index (Phi) is 3.23. The van der Waals surface area contributed by atoms with Gasteiger partial charge in [-0.15, -0.1) is 0 Å². The maximum Gasteiger partial charge on any atom is 0.135 e. The Balaban J connectivity index is 2.22. The van der Waals surface area contributed by atoms with Crippen molar-refractivity contribution in [3.63, 3.8) is 0 Å². The van der Waals surface area contributed by atoms with E-state index in [1.54, 1.807) is 13.3 Å². The molecule has 0 aliphatic heterocycles. The van der Waals surface area contributed by atoms with E-state index in [2.05, 4.69) is 26.1 Å². The molecular formula is C10H11BrN2O2. The van der Waals surface area contributed by atoms with Gasteiger partial charge >= 0.3 is 0 Å². The molecule has 0 saturated heterocycles. The second-order valence-electron chi connectivity index (χ2n) is 3.08. The molecule has 0 bridgehead atoms. The molecule has 0 unspecified atom stereocenters. The smallest absolute Gasteiger partial charge is 0.135 e. The van der Waals surface area contributed by atoms with Gasteiger partial charge in [0.15, 0.2) is 0 Å². The van der Waals surface area contributed by atoms with Gasteiger partial charge in [-0.3, -0.25) is 5.10 Å². The van der Waals surface area contributed by atoms with Gasteiger partial charge in [0.1, 0.15) is 12.4 Å². The maximum absolute atomic E-state index is 5.54. The van der Waals surface area contributed by atoms with E-state index < -0.39 is 0 Å². The first-order chi connectivity index (χ1) is 7.31. The molecule has 0 spiro atoms. The van der Waals surface area contributed by atoms with Gasteiger partial charge in [-0.1, -0.05) is 0 Å². The maximum atomic E-state index is 5.54. The van der Waals surface area contributed by atoms with Crippen LogP contribution >= 0.6 is 15.9 Å². The van der Waals surface area contributed by atoms with Crippen molar-refractivity contribution in [1.29, 1.82) is 0 Å². The highest BCUT2D eigenvalue weighted by Gasteiger charge is 2.04. The molecule has 0 fully saturated rings. The molecule has 0 aliphatic rings. The van der Waals surface area contributed by atoms with Gasteiger partial charge < -0.3 is 9.47 Å². The Labute approximate surface area is 95.7 Å². The quantitative estimate of drug-likeness (QED) is 0.868. The zero-order chi connectivity index (χ0) is 10.7. The number of aromatic amines is 1. The minimum absolute atomic E-state index is 0.536. The summed E-state index contributed by atoms with van der Waals surface area (Å²) in [4.78, 5) is 0. The van der Waals surface area contributed by atoms with Crippen LogP contribution in [0.15, 0.2) is 22.8 Å². The van der Waals surface area contributed by atoms with Gasteiger partial charge in [0.2, 0.25) is 0 Å². The Morgan fingerprint density at radius 3 is 3.07 bits per heavy atom. The summed E-state index contributed by atoms with van der Waals surface area (Å²) in [5, 5.41) is 7.91. The van der Waals surface area contributed by atoms with Crippen molar-refractivity contribution in [1.82, 2.24) is 10.2 Å². The van der Waals surface area contributed by atoms with Crippen molar-refractivity contribution >= 4 is 26.8 Å². The fourth-order valence-electron chi connectivity index (χ4n) is 1.29. The van der Waals surface area contributed by atoms with Gasteiger partial charge in [0.25, 0.3) is 0 Å². The van der Waals surface area contributed by atoms with Crippen LogP contribution in [0.2, 0.25) is 0 Å². The predicted molar refractivity (Wildman–Crippen MR) is 61.2 cm³/mol. The summed E-state index contributed by atoms with van der Waals surface area (Å²) in [5.74, 6) is 0.795. The van der Waals surface area contributed by atoms with Gasteiger partial charge in [0, 0.05) is 18.6 Å². The molecule has 1 aromatic heterocycles. The average molecular weight is 271 g/mol. The van der Waals surface area contributed by atoms with Crippen LogP contribution in [0, 0.1) is 0 Å². The third kappa shape index (κ3) is 2.30. The number of ether oxygens (including phenoxy) is 2. The number of hydrogen-bond donors (Lipinski definition) is 1. The number of nitrogens with zero attached hydrogens (tertiary/aromatic N) is 1. The second kappa shape index (κ2) is 4.63. The number of hydrogen-bond acceptors (Lipinski definition) is 3. The standard InChI is InChI=1S/C10H11BrN2O2/c1-14-2-3-15-10-5-9-7(4-8(10)11)6-12-13-9/h4-6H,2-3H2,1H3,(H,12,13). The van der Waals surface area contributed by atoms with Crippen LogP contribution in [0.3, 0.4) is 0 Å². The summed E-state index contributed by atoms with van der Waals surface area (Å²) in [7, 11) is 1.65. The number of aromatic nitrogens is 2. The number of halogens is 1. The fourth-order valence-corrected chi connectivity index (χ4v) is 1.76. The van der Waals surface area contributed by atoms with E-state index in [4.69, 9.17) is 9.47 Å². The van der Waals surface area contributed by atoms with Crippen LogP contribution in [-0.2, 0) is 4.74 Å². The van der Waals surface area contributed by atoms with E-state index in [-0.39, 0.29) is 0 Å². The number of nitrogens with one attached hydrogen (secondary N) is 1. The highest BCUT2D eigenvalue weighted by atomic mass is 79.9.